The second-order valence-electron chi connectivity index (χ2n) is 5.72. The van der Waals surface area contributed by atoms with Crippen molar-refractivity contribution in [3.63, 3.8) is 0 Å². The number of amides is 1. The predicted molar refractivity (Wildman–Crippen MR) is 97.7 cm³/mol. The van der Waals surface area contributed by atoms with E-state index >= 15 is 0 Å². The Bertz CT molecular complexity index is 898. The molecule has 2 aromatic carbocycles. The van der Waals surface area contributed by atoms with Crippen molar-refractivity contribution in [1.29, 1.82) is 0 Å². The molecule has 0 N–H and O–H groups in total. The summed E-state index contributed by atoms with van der Waals surface area (Å²) in [4.78, 5) is 15.3. The summed E-state index contributed by atoms with van der Waals surface area (Å²) in [5.41, 5.74) is 1.68. The third kappa shape index (κ3) is 4.18. The van der Waals surface area contributed by atoms with Crippen LogP contribution in [0.15, 0.2) is 48.5 Å². The Hall–Kier alpha value is -2.93. The Morgan fingerprint density at radius 3 is 2.73 bits per heavy atom. The SMILES string of the molecule is COc1ccc(Cl)cc1CN(C)C(=O)Cn1nnc(-c2ccccc2)n1. The highest BCUT2D eigenvalue weighted by molar-refractivity contribution is 6.30. The van der Waals surface area contributed by atoms with Gasteiger partial charge in [-0.3, -0.25) is 4.79 Å². The van der Waals surface area contributed by atoms with Crippen molar-refractivity contribution >= 4 is 17.5 Å². The Morgan fingerprint density at radius 1 is 1.23 bits per heavy atom. The Labute approximate surface area is 156 Å². The molecule has 1 aromatic heterocycles. The fraction of sp³-hybridized carbons (Fsp3) is 0.222. The largest absolute Gasteiger partial charge is 0.496 e. The molecule has 3 aromatic rings. The first-order chi connectivity index (χ1) is 12.6. The number of ether oxygens (including phenoxy) is 1. The predicted octanol–water partition coefficient (Wildman–Crippen LogP) is 2.66. The quantitative estimate of drug-likeness (QED) is 0.666. The minimum Gasteiger partial charge on any atom is -0.496 e. The number of hydrogen-bond acceptors (Lipinski definition) is 5. The fourth-order valence-electron chi connectivity index (χ4n) is 2.47. The van der Waals surface area contributed by atoms with Gasteiger partial charge in [0.25, 0.3) is 0 Å². The number of likely N-dealkylation sites (N-methyl/N-ethyl adjacent to an activating group) is 1. The van der Waals surface area contributed by atoms with Crippen LogP contribution < -0.4 is 4.74 Å². The smallest absolute Gasteiger partial charge is 0.246 e. The van der Waals surface area contributed by atoms with Crippen LogP contribution in [0.25, 0.3) is 11.4 Å². The molecule has 134 valence electrons. The number of methoxy groups -OCH3 is 1. The summed E-state index contributed by atoms with van der Waals surface area (Å²) in [7, 11) is 3.29. The van der Waals surface area contributed by atoms with E-state index in [9.17, 15) is 4.79 Å². The van der Waals surface area contributed by atoms with E-state index in [0.29, 0.717) is 23.1 Å². The van der Waals surface area contributed by atoms with E-state index in [2.05, 4.69) is 15.4 Å². The molecule has 3 rings (SSSR count). The third-order valence-corrected chi connectivity index (χ3v) is 4.07. The maximum absolute atomic E-state index is 12.5. The average Bonchev–Trinajstić information content (AvgIpc) is 3.11. The maximum Gasteiger partial charge on any atom is 0.246 e. The first-order valence-corrected chi connectivity index (χ1v) is 8.34. The zero-order valence-electron chi connectivity index (χ0n) is 14.5. The average molecular weight is 372 g/mol. The molecule has 0 atom stereocenters. The van der Waals surface area contributed by atoms with Gasteiger partial charge in [-0.1, -0.05) is 41.9 Å². The van der Waals surface area contributed by atoms with Crippen LogP contribution in [-0.4, -0.2) is 45.2 Å². The maximum atomic E-state index is 12.5. The Kier molecular flexibility index (Phi) is 5.48. The number of carbonyl (C=O) groups is 1. The second-order valence-corrected chi connectivity index (χ2v) is 6.15. The molecule has 1 heterocycles. The summed E-state index contributed by atoms with van der Waals surface area (Å²) < 4.78 is 5.32. The lowest BCUT2D eigenvalue weighted by atomic mass is 10.2. The van der Waals surface area contributed by atoms with Gasteiger partial charge in [0.15, 0.2) is 0 Å². The number of halogens is 1. The molecule has 0 aliphatic rings. The van der Waals surface area contributed by atoms with E-state index in [0.717, 1.165) is 11.1 Å². The Balaban J connectivity index is 1.67. The van der Waals surface area contributed by atoms with Crippen LogP contribution in [0, 0.1) is 0 Å². The summed E-state index contributed by atoms with van der Waals surface area (Å²) in [6, 6.07) is 14.8. The molecular formula is C18H18ClN5O2. The van der Waals surface area contributed by atoms with Crippen LogP contribution in [0.2, 0.25) is 5.02 Å². The van der Waals surface area contributed by atoms with Gasteiger partial charge in [-0.15, -0.1) is 10.2 Å². The van der Waals surface area contributed by atoms with E-state index in [1.54, 1.807) is 37.3 Å². The van der Waals surface area contributed by atoms with Crippen molar-refractivity contribution < 1.29 is 9.53 Å². The van der Waals surface area contributed by atoms with Crippen LogP contribution in [0.4, 0.5) is 0 Å². The summed E-state index contributed by atoms with van der Waals surface area (Å²) in [5, 5.41) is 12.8. The van der Waals surface area contributed by atoms with Crippen LogP contribution >= 0.6 is 11.6 Å². The number of benzene rings is 2. The number of aromatic nitrogens is 4. The molecule has 0 aliphatic heterocycles. The van der Waals surface area contributed by atoms with Crippen molar-refractivity contribution in [3.8, 4) is 17.1 Å². The molecule has 8 heteroatoms. The van der Waals surface area contributed by atoms with Crippen molar-refractivity contribution in [2.24, 2.45) is 0 Å². The molecule has 0 saturated heterocycles. The van der Waals surface area contributed by atoms with Gasteiger partial charge in [0, 0.05) is 29.7 Å². The molecule has 1 amide bonds. The number of tetrazole rings is 1. The van der Waals surface area contributed by atoms with Gasteiger partial charge in [-0.2, -0.15) is 4.80 Å². The summed E-state index contributed by atoms with van der Waals surface area (Å²) in [5.74, 6) is 1.01. The van der Waals surface area contributed by atoms with Gasteiger partial charge >= 0.3 is 0 Å². The van der Waals surface area contributed by atoms with Crippen LogP contribution in [0.3, 0.4) is 0 Å². The third-order valence-electron chi connectivity index (χ3n) is 3.84. The van der Waals surface area contributed by atoms with E-state index < -0.39 is 0 Å². The lowest BCUT2D eigenvalue weighted by molar-refractivity contribution is -0.131. The Morgan fingerprint density at radius 2 is 2.00 bits per heavy atom. The summed E-state index contributed by atoms with van der Waals surface area (Å²) >= 11 is 6.04. The van der Waals surface area contributed by atoms with Crippen molar-refractivity contribution in [2.45, 2.75) is 13.1 Å². The highest BCUT2D eigenvalue weighted by Crippen LogP contribution is 2.23. The van der Waals surface area contributed by atoms with Gasteiger partial charge in [0.2, 0.25) is 11.7 Å². The van der Waals surface area contributed by atoms with Crippen LogP contribution in [0.1, 0.15) is 5.56 Å². The molecule has 0 fully saturated rings. The molecule has 0 spiro atoms. The first-order valence-electron chi connectivity index (χ1n) is 7.96. The zero-order chi connectivity index (χ0) is 18.5. The van der Waals surface area contributed by atoms with Crippen LogP contribution in [0.5, 0.6) is 5.75 Å². The topological polar surface area (TPSA) is 73.1 Å². The molecule has 26 heavy (non-hydrogen) atoms. The first kappa shape index (κ1) is 17.9. The molecule has 0 unspecified atom stereocenters. The van der Waals surface area contributed by atoms with Gasteiger partial charge in [-0.25, -0.2) is 0 Å². The molecule has 7 nitrogen and oxygen atoms in total. The van der Waals surface area contributed by atoms with Crippen LogP contribution in [-0.2, 0) is 17.9 Å². The van der Waals surface area contributed by atoms with E-state index in [-0.39, 0.29) is 12.5 Å². The standard InChI is InChI=1S/C18H18ClN5O2/c1-23(11-14-10-15(19)8-9-16(14)26-2)17(25)12-24-21-18(20-22-24)13-6-4-3-5-7-13/h3-10H,11-12H2,1-2H3. The molecular weight excluding hydrogens is 354 g/mol. The van der Waals surface area contributed by atoms with Crippen molar-refractivity contribution in [2.75, 3.05) is 14.2 Å². The number of hydrogen-bond donors (Lipinski definition) is 0. The molecule has 0 saturated carbocycles. The normalized spacial score (nSPS) is 10.6. The minimum atomic E-state index is -0.149. The molecule has 0 aliphatic carbocycles. The van der Waals surface area contributed by atoms with Crippen molar-refractivity contribution in [3.05, 3.63) is 59.1 Å². The zero-order valence-corrected chi connectivity index (χ0v) is 15.2. The van der Waals surface area contributed by atoms with Gasteiger partial charge in [0.05, 0.1) is 7.11 Å². The molecule has 0 radical (unpaired) electrons. The lowest BCUT2D eigenvalue weighted by Gasteiger charge is -2.18. The van der Waals surface area contributed by atoms with E-state index in [1.807, 2.05) is 30.3 Å². The van der Waals surface area contributed by atoms with Gasteiger partial charge in [-0.05, 0) is 23.4 Å². The monoisotopic (exact) mass is 371 g/mol. The van der Waals surface area contributed by atoms with Crippen molar-refractivity contribution in [1.82, 2.24) is 25.1 Å². The van der Waals surface area contributed by atoms with Gasteiger partial charge < -0.3 is 9.64 Å². The lowest BCUT2D eigenvalue weighted by Crippen LogP contribution is -2.30. The van der Waals surface area contributed by atoms with E-state index in [4.69, 9.17) is 16.3 Å². The minimum absolute atomic E-state index is 0.000779. The highest BCUT2D eigenvalue weighted by Gasteiger charge is 2.15. The highest BCUT2D eigenvalue weighted by atomic mass is 35.5. The number of rotatable bonds is 6. The summed E-state index contributed by atoms with van der Waals surface area (Å²) in [6.45, 7) is 0.363. The second kappa shape index (κ2) is 7.97. The number of nitrogens with zero attached hydrogens (tertiary/aromatic N) is 5. The number of carbonyl (C=O) groups excluding carboxylic acids is 1. The van der Waals surface area contributed by atoms with E-state index in [1.165, 1.54) is 4.80 Å². The summed E-state index contributed by atoms with van der Waals surface area (Å²) in [6.07, 6.45) is 0. The van der Waals surface area contributed by atoms with Gasteiger partial charge in [0.1, 0.15) is 12.3 Å². The molecule has 0 bridgehead atoms. The fourth-order valence-corrected chi connectivity index (χ4v) is 2.66.